The predicted molar refractivity (Wildman–Crippen MR) is 53.0 cm³/mol. The van der Waals surface area contributed by atoms with E-state index in [2.05, 4.69) is 16.9 Å². The van der Waals surface area contributed by atoms with Crippen molar-refractivity contribution in [1.29, 1.82) is 0 Å². The first-order chi connectivity index (χ1) is 6.78. The first-order valence-electron chi connectivity index (χ1n) is 5.01. The summed E-state index contributed by atoms with van der Waals surface area (Å²) in [5.74, 6) is 0.675. The average molecular weight is 193 g/mol. The van der Waals surface area contributed by atoms with E-state index in [1.165, 1.54) is 0 Å². The number of rotatable bonds is 3. The van der Waals surface area contributed by atoms with Crippen LogP contribution in [-0.4, -0.2) is 22.1 Å². The molecular formula is C10H15N3O. The first-order valence-corrected chi connectivity index (χ1v) is 5.01. The molecule has 0 unspecified atom stereocenters. The molecular weight excluding hydrogens is 178 g/mol. The van der Waals surface area contributed by atoms with E-state index < -0.39 is 0 Å². The highest BCUT2D eigenvalue weighted by atomic mass is 16.5. The third-order valence-corrected chi connectivity index (χ3v) is 2.48. The van der Waals surface area contributed by atoms with Gasteiger partial charge in [-0.25, -0.2) is 9.97 Å². The van der Waals surface area contributed by atoms with E-state index in [9.17, 15) is 0 Å². The molecule has 14 heavy (non-hydrogen) atoms. The molecule has 0 saturated heterocycles. The lowest BCUT2D eigenvalue weighted by Crippen LogP contribution is -2.43. The number of aryl methyl sites for hydroxylation is 1. The molecule has 0 aromatic carbocycles. The van der Waals surface area contributed by atoms with Crippen molar-refractivity contribution in [2.45, 2.75) is 38.3 Å². The van der Waals surface area contributed by atoms with Gasteiger partial charge in [0.1, 0.15) is 12.4 Å². The summed E-state index contributed by atoms with van der Waals surface area (Å²) in [4.78, 5) is 8.17. The Bertz CT molecular complexity index is 310. The fourth-order valence-electron chi connectivity index (χ4n) is 1.51. The van der Waals surface area contributed by atoms with Gasteiger partial charge in [0.25, 0.3) is 0 Å². The highest BCUT2D eigenvalue weighted by molar-refractivity contribution is 5.14. The van der Waals surface area contributed by atoms with E-state index in [1.54, 1.807) is 6.33 Å². The Morgan fingerprint density at radius 1 is 1.50 bits per heavy atom. The maximum absolute atomic E-state index is 5.67. The van der Waals surface area contributed by atoms with Gasteiger partial charge in [-0.3, -0.25) is 0 Å². The molecule has 4 nitrogen and oxygen atoms in total. The summed E-state index contributed by atoms with van der Waals surface area (Å²) in [6.45, 7) is 2.06. The Morgan fingerprint density at radius 2 is 2.29 bits per heavy atom. The van der Waals surface area contributed by atoms with Crippen LogP contribution in [0.4, 0.5) is 0 Å². The number of aromatic nitrogens is 2. The minimum Gasteiger partial charge on any atom is -0.474 e. The van der Waals surface area contributed by atoms with Gasteiger partial charge in [-0.1, -0.05) is 6.92 Å². The van der Waals surface area contributed by atoms with E-state index in [1.807, 2.05) is 6.07 Å². The summed E-state index contributed by atoms with van der Waals surface area (Å²) < 4.78 is 5.63. The Kier molecular flexibility index (Phi) is 2.63. The molecule has 1 saturated carbocycles. The van der Waals surface area contributed by atoms with Gasteiger partial charge in [-0.2, -0.15) is 0 Å². The Morgan fingerprint density at radius 3 is 2.93 bits per heavy atom. The molecule has 0 spiro atoms. The minimum absolute atomic E-state index is 0.254. The van der Waals surface area contributed by atoms with Crippen LogP contribution < -0.4 is 10.5 Å². The fraction of sp³-hybridized carbons (Fsp3) is 0.600. The van der Waals surface area contributed by atoms with Gasteiger partial charge in [-0.05, 0) is 19.3 Å². The molecule has 0 aliphatic heterocycles. The number of hydrogen-bond acceptors (Lipinski definition) is 4. The molecule has 1 aromatic heterocycles. The summed E-state index contributed by atoms with van der Waals surface area (Å²) in [5.41, 5.74) is 6.68. The molecule has 1 aromatic rings. The molecule has 76 valence electrons. The van der Waals surface area contributed by atoms with Crippen molar-refractivity contribution in [3.05, 3.63) is 18.1 Å². The lowest BCUT2D eigenvalue weighted by Gasteiger charge is -2.32. The van der Waals surface area contributed by atoms with Crippen LogP contribution in [0.3, 0.4) is 0 Å². The summed E-state index contributed by atoms with van der Waals surface area (Å²) in [5, 5.41) is 0. The van der Waals surface area contributed by atoms with Crippen molar-refractivity contribution in [3.8, 4) is 5.88 Å². The highest BCUT2D eigenvalue weighted by Gasteiger charge is 2.27. The van der Waals surface area contributed by atoms with Crippen LogP contribution in [0.1, 0.15) is 25.5 Å². The Labute approximate surface area is 83.5 Å². The predicted octanol–water partition coefficient (Wildman–Crippen LogP) is 0.908. The number of nitrogens with two attached hydrogens (primary N) is 1. The van der Waals surface area contributed by atoms with Crippen molar-refractivity contribution in [1.82, 2.24) is 9.97 Å². The number of ether oxygens (including phenoxy) is 1. The van der Waals surface area contributed by atoms with E-state index in [-0.39, 0.29) is 6.10 Å². The lowest BCUT2D eigenvalue weighted by molar-refractivity contribution is 0.0955. The van der Waals surface area contributed by atoms with Gasteiger partial charge < -0.3 is 10.5 Å². The maximum Gasteiger partial charge on any atom is 0.216 e. The zero-order chi connectivity index (χ0) is 9.97. The van der Waals surface area contributed by atoms with Gasteiger partial charge in [-0.15, -0.1) is 0 Å². The largest absolute Gasteiger partial charge is 0.474 e. The molecule has 1 fully saturated rings. The molecule has 0 bridgehead atoms. The fourth-order valence-corrected chi connectivity index (χ4v) is 1.51. The molecule has 0 amide bonds. The SMILES string of the molecule is CCc1cc(OC2CC(N)C2)ncn1. The Balaban J connectivity index is 1.95. The third kappa shape index (κ3) is 2.01. The number of hydrogen-bond donors (Lipinski definition) is 1. The zero-order valence-corrected chi connectivity index (χ0v) is 8.31. The van der Waals surface area contributed by atoms with Gasteiger partial charge in [0, 0.05) is 17.8 Å². The molecule has 1 aliphatic rings. The average Bonchev–Trinajstić information content (AvgIpc) is 2.16. The smallest absolute Gasteiger partial charge is 0.216 e. The minimum atomic E-state index is 0.254. The van der Waals surface area contributed by atoms with Gasteiger partial charge in [0.05, 0.1) is 0 Å². The van der Waals surface area contributed by atoms with Crippen LogP contribution in [0.2, 0.25) is 0 Å². The molecule has 1 aliphatic carbocycles. The third-order valence-electron chi connectivity index (χ3n) is 2.48. The van der Waals surface area contributed by atoms with Crippen LogP contribution in [-0.2, 0) is 6.42 Å². The van der Waals surface area contributed by atoms with Crippen LogP contribution >= 0.6 is 0 Å². The lowest BCUT2D eigenvalue weighted by atomic mass is 9.90. The van der Waals surface area contributed by atoms with Gasteiger partial charge in [0.15, 0.2) is 0 Å². The monoisotopic (exact) mass is 193 g/mol. The van der Waals surface area contributed by atoms with Crippen molar-refractivity contribution >= 4 is 0 Å². The van der Waals surface area contributed by atoms with E-state index >= 15 is 0 Å². The van der Waals surface area contributed by atoms with Crippen LogP contribution in [0.25, 0.3) is 0 Å². The highest BCUT2D eigenvalue weighted by Crippen LogP contribution is 2.23. The van der Waals surface area contributed by atoms with Gasteiger partial charge >= 0.3 is 0 Å². The van der Waals surface area contributed by atoms with Crippen LogP contribution in [0.15, 0.2) is 12.4 Å². The van der Waals surface area contributed by atoms with Crippen molar-refractivity contribution < 1.29 is 4.74 Å². The van der Waals surface area contributed by atoms with Crippen LogP contribution in [0, 0.1) is 0 Å². The summed E-state index contributed by atoms with van der Waals surface area (Å²) in [7, 11) is 0. The second kappa shape index (κ2) is 3.92. The topological polar surface area (TPSA) is 61.0 Å². The standard InChI is InChI=1S/C10H15N3O/c1-2-8-5-10(13-6-12-8)14-9-3-7(11)4-9/h5-7,9H,2-4,11H2,1H3. The second-order valence-electron chi connectivity index (χ2n) is 3.67. The van der Waals surface area contributed by atoms with E-state index in [0.29, 0.717) is 11.9 Å². The van der Waals surface area contributed by atoms with Crippen molar-refractivity contribution in [2.75, 3.05) is 0 Å². The normalized spacial score (nSPS) is 25.6. The summed E-state index contributed by atoms with van der Waals surface area (Å²) in [6.07, 6.45) is 4.58. The molecule has 0 radical (unpaired) electrons. The van der Waals surface area contributed by atoms with Gasteiger partial charge in [0.2, 0.25) is 5.88 Å². The molecule has 4 heteroatoms. The van der Waals surface area contributed by atoms with Crippen molar-refractivity contribution in [2.24, 2.45) is 5.73 Å². The number of nitrogens with zero attached hydrogens (tertiary/aromatic N) is 2. The quantitative estimate of drug-likeness (QED) is 0.775. The maximum atomic E-state index is 5.67. The molecule has 2 rings (SSSR count). The van der Waals surface area contributed by atoms with Crippen molar-refractivity contribution in [3.63, 3.8) is 0 Å². The zero-order valence-electron chi connectivity index (χ0n) is 8.31. The van der Waals surface area contributed by atoms with Crippen LogP contribution in [0.5, 0.6) is 5.88 Å². The summed E-state index contributed by atoms with van der Waals surface area (Å²) in [6, 6.07) is 2.21. The summed E-state index contributed by atoms with van der Waals surface area (Å²) >= 11 is 0. The van der Waals surface area contributed by atoms with E-state index in [0.717, 1.165) is 25.0 Å². The van der Waals surface area contributed by atoms with E-state index in [4.69, 9.17) is 10.5 Å². The molecule has 0 atom stereocenters. The molecule has 2 N–H and O–H groups in total. The Hall–Kier alpha value is -1.16. The first kappa shape index (κ1) is 9.40. The molecule has 1 heterocycles. The second-order valence-corrected chi connectivity index (χ2v) is 3.67.